The van der Waals surface area contributed by atoms with Gasteiger partial charge in [0.05, 0.1) is 11.2 Å². The van der Waals surface area contributed by atoms with Gasteiger partial charge in [0.25, 0.3) is 0 Å². The Balaban J connectivity index is 1.52. The lowest BCUT2D eigenvalue weighted by molar-refractivity contribution is -0.116. The second-order valence-corrected chi connectivity index (χ2v) is 6.85. The predicted octanol–water partition coefficient (Wildman–Crippen LogP) is 3.14. The van der Waals surface area contributed by atoms with Gasteiger partial charge in [-0.2, -0.15) is 0 Å². The van der Waals surface area contributed by atoms with Crippen LogP contribution >= 0.6 is 0 Å². The van der Waals surface area contributed by atoms with E-state index in [1.54, 1.807) is 6.08 Å². The molecule has 1 aliphatic heterocycles. The normalized spacial score (nSPS) is 17.8. The van der Waals surface area contributed by atoms with Crippen molar-refractivity contribution in [2.75, 3.05) is 19.6 Å². The molecule has 0 bridgehead atoms. The molecule has 0 radical (unpaired) electrons. The van der Waals surface area contributed by atoms with Gasteiger partial charge in [-0.1, -0.05) is 29.8 Å². The quantitative estimate of drug-likeness (QED) is 0.860. The average Bonchev–Trinajstić information content (AvgIpc) is 3.00. The molecule has 24 heavy (non-hydrogen) atoms. The van der Waals surface area contributed by atoms with Gasteiger partial charge in [-0.3, -0.25) is 14.7 Å². The topological polar surface area (TPSA) is 45.2 Å². The summed E-state index contributed by atoms with van der Waals surface area (Å²) < 4.78 is 0. The van der Waals surface area contributed by atoms with Gasteiger partial charge < -0.3 is 5.32 Å². The standard InChI is InChI=1S/C20H25N3O/c1-15(2)11-20(24)21-12-16-9-10-23(13-16)14-18-8-7-17-5-3-4-6-19(17)22-18/h3-8,11,16H,9-10,12-14H2,1-2H3,(H,21,24). The third-order valence-corrected chi connectivity index (χ3v) is 4.40. The first-order valence-corrected chi connectivity index (χ1v) is 8.60. The summed E-state index contributed by atoms with van der Waals surface area (Å²) in [6, 6.07) is 12.5. The maximum Gasteiger partial charge on any atom is 0.243 e. The van der Waals surface area contributed by atoms with Gasteiger partial charge in [-0.15, -0.1) is 0 Å². The van der Waals surface area contributed by atoms with Gasteiger partial charge in [0.2, 0.25) is 5.91 Å². The molecular formula is C20H25N3O. The van der Waals surface area contributed by atoms with Crippen molar-refractivity contribution >= 4 is 16.8 Å². The summed E-state index contributed by atoms with van der Waals surface area (Å²) in [5.74, 6) is 0.546. The molecule has 0 spiro atoms. The average molecular weight is 323 g/mol. The van der Waals surface area contributed by atoms with Gasteiger partial charge >= 0.3 is 0 Å². The van der Waals surface area contributed by atoms with Crippen LogP contribution in [0.1, 0.15) is 26.0 Å². The Morgan fingerprint density at radius 2 is 2.12 bits per heavy atom. The number of carbonyl (C=O) groups excluding carboxylic acids is 1. The number of aromatic nitrogens is 1. The van der Waals surface area contributed by atoms with Crippen molar-refractivity contribution in [3.05, 3.63) is 53.7 Å². The number of para-hydroxylation sites is 1. The largest absolute Gasteiger partial charge is 0.352 e. The highest BCUT2D eigenvalue weighted by Crippen LogP contribution is 2.19. The van der Waals surface area contributed by atoms with Crippen LogP contribution in [0.25, 0.3) is 10.9 Å². The summed E-state index contributed by atoms with van der Waals surface area (Å²) in [5, 5.41) is 4.19. The molecule has 2 heterocycles. The van der Waals surface area contributed by atoms with Crippen LogP contribution in [0.2, 0.25) is 0 Å². The SMILES string of the molecule is CC(C)=CC(=O)NCC1CCN(Cc2ccc3ccccc3n2)C1. The smallest absolute Gasteiger partial charge is 0.243 e. The first-order valence-electron chi connectivity index (χ1n) is 8.60. The predicted molar refractivity (Wildman–Crippen MR) is 97.6 cm³/mol. The fraction of sp³-hybridized carbons (Fsp3) is 0.400. The molecule has 126 valence electrons. The molecule has 1 aromatic carbocycles. The highest BCUT2D eigenvalue weighted by Gasteiger charge is 2.22. The summed E-state index contributed by atoms with van der Waals surface area (Å²) in [7, 11) is 0. The van der Waals surface area contributed by atoms with Crippen molar-refractivity contribution in [2.24, 2.45) is 5.92 Å². The highest BCUT2D eigenvalue weighted by molar-refractivity contribution is 5.88. The van der Waals surface area contributed by atoms with Gasteiger partial charge in [-0.05, 0) is 44.9 Å². The Morgan fingerprint density at radius 3 is 2.96 bits per heavy atom. The molecule has 1 aliphatic rings. The van der Waals surface area contributed by atoms with Crippen molar-refractivity contribution in [1.82, 2.24) is 15.2 Å². The lowest BCUT2D eigenvalue weighted by atomic mass is 10.1. The first kappa shape index (κ1) is 16.7. The van der Waals surface area contributed by atoms with Crippen LogP contribution < -0.4 is 5.32 Å². The first-order chi connectivity index (χ1) is 11.6. The van der Waals surface area contributed by atoms with E-state index in [0.29, 0.717) is 5.92 Å². The molecule has 1 saturated heterocycles. The van der Waals surface area contributed by atoms with E-state index in [2.05, 4.69) is 34.5 Å². The number of hydrogen-bond donors (Lipinski definition) is 1. The van der Waals surface area contributed by atoms with Crippen molar-refractivity contribution in [3.8, 4) is 0 Å². The summed E-state index contributed by atoms with van der Waals surface area (Å²) in [6.07, 6.45) is 2.79. The molecule has 2 aromatic rings. The summed E-state index contributed by atoms with van der Waals surface area (Å²) in [6.45, 7) is 7.59. The maximum absolute atomic E-state index is 11.7. The number of fused-ring (bicyclic) bond motifs is 1. The fourth-order valence-corrected chi connectivity index (χ4v) is 3.21. The molecule has 1 atom stereocenters. The summed E-state index contributed by atoms with van der Waals surface area (Å²) >= 11 is 0. The van der Waals surface area contributed by atoms with Gasteiger partial charge in [0.1, 0.15) is 0 Å². The molecule has 1 fully saturated rings. The second-order valence-electron chi connectivity index (χ2n) is 6.85. The van der Waals surface area contributed by atoms with Crippen molar-refractivity contribution in [3.63, 3.8) is 0 Å². The minimum atomic E-state index is 0.0182. The van der Waals surface area contributed by atoms with E-state index < -0.39 is 0 Å². The van der Waals surface area contributed by atoms with Crippen LogP contribution in [-0.4, -0.2) is 35.4 Å². The number of carbonyl (C=O) groups is 1. The highest BCUT2D eigenvalue weighted by atomic mass is 16.1. The summed E-state index contributed by atoms with van der Waals surface area (Å²) in [5.41, 5.74) is 3.20. The van der Waals surface area contributed by atoms with Crippen LogP contribution in [0, 0.1) is 5.92 Å². The number of amides is 1. The molecule has 1 unspecified atom stereocenters. The number of rotatable bonds is 5. The fourth-order valence-electron chi connectivity index (χ4n) is 3.21. The second kappa shape index (κ2) is 7.58. The van der Waals surface area contributed by atoms with E-state index in [9.17, 15) is 4.79 Å². The zero-order valence-electron chi connectivity index (χ0n) is 14.5. The minimum Gasteiger partial charge on any atom is -0.352 e. The Labute approximate surface area is 143 Å². The third-order valence-electron chi connectivity index (χ3n) is 4.40. The van der Waals surface area contributed by atoms with Crippen molar-refractivity contribution in [2.45, 2.75) is 26.8 Å². The number of nitrogens with zero attached hydrogens (tertiary/aromatic N) is 2. The molecule has 0 aliphatic carbocycles. The number of allylic oxidation sites excluding steroid dienone is 1. The van der Waals surface area contributed by atoms with Gasteiger partial charge in [-0.25, -0.2) is 0 Å². The number of nitrogens with one attached hydrogen (secondary N) is 1. The lowest BCUT2D eigenvalue weighted by Crippen LogP contribution is -2.30. The van der Waals surface area contributed by atoms with Crippen LogP contribution in [0.3, 0.4) is 0 Å². The number of benzene rings is 1. The lowest BCUT2D eigenvalue weighted by Gasteiger charge is -2.16. The van der Waals surface area contributed by atoms with E-state index in [4.69, 9.17) is 4.98 Å². The van der Waals surface area contributed by atoms with E-state index >= 15 is 0 Å². The van der Waals surface area contributed by atoms with E-state index in [-0.39, 0.29) is 5.91 Å². The zero-order chi connectivity index (χ0) is 16.9. The van der Waals surface area contributed by atoms with Crippen LogP contribution in [0.5, 0.6) is 0 Å². The van der Waals surface area contributed by atoms with Crippen molar-refractivity contribution in [1.29, 1.82) is 0 Å². The maximum atomic E-state index is 11.7. The molecule has 1 aromatic heterocycles. The number of likely N-dealkylation sites (tertiary alicyclic amines) is 1. The molecular weight excluding hydrogens is 298 g/mol. The Bertz CT molecular complexity index is 749. The van der Waals surface area contributed by atoms with Crippen LogP contribution in [0.4, 0.5) is 0 Å². The van der Waals surface area contributed by atoms with Crippen LogP contribution in [-0.2, 0) is 11.3 Å². The Hall–Kier alpha value is -2.20. The van der Waals surface area contributed by atoms with Crippen LogP contribution in [0.15, 0.2) is 48.0 Å². The van der Waals surface area contributed by atoms with Gasteiger partial charge in [0.15, 0.2) is 0 Å². The Kier molecular flexibility index (Phi) is 5.26. The number of pyridine rings is 1. The number of hydrogen-bond acceptors (Lipinski definition) is 3. The van der Waals surface area contributed by atoms with E-state index in [1.807, 2.05) is 26.0 Å². The molecule has 1 N–H and O–H groups in total. The summed E-state index contributed by atoms with van der Waals surface area (Å²) in [4.78, 5) is 18.9. The molecule has 1 amide bonds. The molecule has 0 saturated carbocycles. The van der Waals surface area contributed by atoms with E-state index in [0.717, 1.165) is 49.4 Å². The molecule has 4 nitrogen and oxygen atoms in total. The molecule has 4 heteroatoms. The van der Waals surface area contributed by atoms with E-state index in [1.165, 1.54) is 5.39 Å². The molecule has 3 rings (SSSR count). The van der Waals surface area contributed by atoms with Gasteiger partial charge in [0, 0.05) is 31.1 Å². The zero-order valence-corrected chi connectivity index (χ0v) is 14.5. The Morgan fingerprint density at radius 1 is 1.29 bits per heavy atom. The van der Waals surface area contributed by atoms with Crippen molar-refractivity contribution < 1.29 is 4.79 Å². The minimum absolute atomic E-state index is 0.0182. The monoisotopic (exact) mass is 323 g/mol. The third kappa shape index (κ3) is 4.42.